The van der Waals surface area contributed by atoms with Crippen LogP contribution in [0, 0.1) is 0 Å². The molecule has 0 spiro atoms. The fourth-order valence-corrected chi connectivity index (χ4v) is 2.12. The van der Waals surface area contributed by atoms with Crippen LogP contribution in [0.2, 0.25) is 6.82 Å². The zero-order valence-electron chi connectivity index (χ0n) is 12.3. The minimum Gasteiger partial charge on any atom is -0.491 e. The Morgan fingerprint density at radius 1 is 1.37 bits per heavy atom. The van der Waals surface area contributed by atoms with Crippen molar-refractivity contribution in [3.8, 4) is 5.75 Å². The smallest absolute Gasteiger partial charge is 0.155 e. The topological polar surface area (TPSA) is 31.0 Å². The zero-order valence-corrected chi connectivity index (χ0v) is 12.3. The fraction of sp³-hybridized carbons (Fsp3) is 0.600. The first-order valence-corrected chi connectivity index (χ1v) is 7.12. The van der Waals surface area contributed by atoms with Gasteiger partial charge in [-0.2, -0.15) is 0 Å². The van der Waals surface area contributed by atoms with Gasteiger partial charge in [0.15, 0.2) is 7.28 Å². The van der Waals surface area contributed by atoms with Gasteiger partial charge in [-0.15, -0.1) is 0 Å². The lowest BCUT2D eigenvalue weighted by molar-refractivity contribution is 0.0543. The van der Waals surface area contributed by atoms with Crippen LogP contribution in [0.4, 0.5) is 0 Å². The van der Waals surface area contributed by atoms with Crippen molar-refractivity contribution in [2.45, 2.75) is 45.9 Å². The molecule has 0 N–H and O–H groups in total. The third-order valence-corrected chi connectivity index (χ3v) is 3.24. The predicted molar refractivity (Wildman–Crippen MR) is 79.0 cm³/mol. The maximum absolute atomic E-state index is 5.87. The van der Waals surface area contributed by atoms with Crippen molar-refractivity contribution < 1.29 is 14.2 Å². The molecule has 19 heavy (non-hydrogen) atoms. The minimum absolute atomic E-state index is 0.0786. The Labute approximate surface area is 116 Å². The first kappa shape index (κ1) is 14.4. The molecule has 3 nitrogen and oxygen atoms in total. The number of benzene rings is 1. The molecular weight excluding hydrogens is 239 g/mol. The second-order valence-electron chi connectivity index (χ2n) is 5.31. The van der Waals surface area contributed by atoms with Crippen LogP contribution in [0.25, 0.3) is 0 Å². The van der Waals surface area contributed by atoms with Crippen LogP contribution in [-0.2, 0) is 9.47 Å². The predicted octanol–water partition coefficient (Wildman–Crippen LogP) is 2.06. The van der Waals surface area contributed by atoms with E-state index in [1.807, 2.05) is 19.9 Å². The van der Waals surface area contributed by atoms with Crippen LogP contribution in [0.3, 0.4) is 0 Å². The summed E-state index contributed by atoms with van der Waals surface area (Å²) in [6.07, 6.45) is 0.578. The quantitative estimate of drug-likeness (QED) is 0.556. The van der Waals surface area contributed by atoms with E-state index in [9.17, 15) is 0 Å². The van der Waals surface area contributed by atoms with Gasteiger partial charge in [0, 0.05) is 0 Å². The monoisotopic (exact) mass is 262 g/mol. The molecule has 0 unspecified atom stereocenters. The molecule has 1 aromatic carbocycles. The van der Waals surface area contributed by atoms with E-state index in [-0.39, 0.29) is 12.2 Å². The summed E-state index contributed by atoms with van der Waals surface area (Å²) in [5, 5.41) is 0. The van der Waals surface area contributed by atoms with Crippen molar-refractivity contribution >= 4 is 12.7 Å². The number of hydrogen-bond donors (Lipinski definition) is 0. The van der Waals surface area contributed by atoms with Gasteiger partial charge in [0.1, 0.15) is 11.9 Å². The molecule has 0 bridgehead atoms. The molecule has 2 atom stereocenters. The summed E-state index contributed by atoms with van der Waals surface area (Å²) < 4.78 is 16.8. The maximum Gasteiger partial charge on any atom is 0.155 e. The van der Waals surface area contributed by atoms with Gasteiger partial charge in [-0.3, -0.25) is 0 Å². The summed E-state index contributed by atoms with van der Waals surface area (Å²) >= 11 is 0. The van der Waals surface area contributed by atoms with Gasteiger partial charge in [0.2, 0.25) is 0 Å². The Hall–Kier alpha value is -0.995. The first-order valence-electron chi connectivity index (χ1n) is 7.12. The van der Waals surface area contributed by atoms with E-state index in [1.54, 1.807) is 0 Å². The Bertz CT molecular complexity index is 416. The highest BCUT2D eigenvalue weighted by atomic mass is 16.6. The standard InChI is InChI=1S/C15H23BO3/c1-10(2)19-12-5-6-15(16-4)14(7-12)11(3)17-8-13-9-18-13/h5-7,10-11,13,16H,8-9H2,1-4H3/t11-,13+/m1/s1. The van der Waals surface area contributed by atoms with E-state index >= 15 is 0 Å². The number of rotatable bonds is 7. The van der Waals surface area contributed by atoms with Gasteiger partial charge in [-0.25, -0.2) is 0 Å². The second-order valence-corrected chi connectivity index (χ2v) is 5.31. The van der Waals surface area contributed by atoms with E-state index in [0.29, 0.717) is 12.7 Å². The lowest BCUT2D eigenvalue weighted by atomic mass is 9.70. The van der Waals surface area contributed by atoms with Crippen LogP contribution in [0.5, 0.6) is 5.75 Å². The molecule has 1 aliphatic rings. The van der Waals surface area contributed by atoms with Crippen molar-refractivity contribution in [1.82, 2.24) is 0 Å². The lowest BCUT2D eigenvalue weighted by Crippen LogP contribution is -2.21. The molecule has 1 saturated heterocycles. The highest BCUT2D eigenvalue weighted by molar-refractivity contribution is 6.52. The van der Waals surface area contributed by atoms with Crippen LogP contribution in [0.1, 0.15) is 32.4 Å². The molecule has 0 amide bonds. The highest BCUT2D eigenvalue weighted by Crippen LogP contribution is 2.22. The van der Waals surface area contributed by atoms with Crippen molar-refractivity contribution in [2.75, 3.05) is 13.2 Å². The van der Waals surface area contributed by atoms with E-state index in [1.165, 1.54) is 11.0 Å². The number of hydrogen-bond acceptors (Lipinski definition) is 3. The van der Waals surface area contributed by atoms with Gasteiger partial charge >= 0.3 is 0 Å². The Kier molecular flexibility index (Phi) is 4.89. The van der Waals surface area contributed by atoms with Crippen molar-refractivity contribution in [3.63, 3.8) is 0 Å². The van der Waals surface area contributed by atoms with Crippen LogP contribution in [0.15, 0.2) is 18.2 Å². The average molecular weight is 262 g/mol. The number of ether oxygens (including phenoxy) is 3. The van der Waals surface area contributed by atoms with Gasteiger partial charge < -0.3 is 14.2 Å². The highest BCUT2D eigenvalue weighted by Gasteiger charge is 2.24. The van der Waals surface area contributed by atoms with E-state index < -0.39 is 0 Å². The van der Waals surface area contributed by atoms with Crippen LogP contribution >= 0.6 is 0 Å². The summed E-state index contributed by atoms with van der Waals surface area (Å²) in [5.74, 6) is 0.917. The molecular formula is C15H23BO3. The molecule has 1 aliphatic heterocycles. The van der Waals surface area contributed by atoms with Crippen LogP contribution < -0.4 is 10.2 Å². The van der Waals surface area contributed by atoms with E-state index in [4.69, 9.17) is 14.2 Å². The molecule has 0 saturated carbocycles. The summed E-state index contributed by atoms with van der Waals surface area (Å²) in [6.45, 7) is 9.85. The third-order valence-electron chi connectivity index (χ3n) is 3.24. The first-order chi connectivity index (χ1) is 9.10. The Balaban J connectivity index is 2.09. The number of epoxide rings is 1. The lowest BCUT2D eigenvalue weighted by Gasteiger charge is -2.19. The average Bonchev–Trinajstić information content (AvgIpc) is 3.19. The largest absolute Gasteiger partial charge is 0.491 e. The van der Waals surface area contributed by atoms with Crippen molar-refractivity contribution in [2.24, 2.45) is 0 Å². The summed E-state index contributed by atoms with van der Waals surface area (Å²) in [4.78, 5) is 0. The molecule has 0 aliphatic carbocycles. The van der Waals surface area contributed by atoms with E-state index in [0.717, 1.165) is 19.6 Å². The van der Waals surface area contributed by atoms with E-state index in [2.05, 4.69) is 25.9 Å². The molecule has 1 aromatic rings. The summed E-state index contributed by atoms with van der Waals surface area (Å²) in [6, 6.07) is 6.29. The molecule has 2 rings (SSSR count). The SMILES string of the molecule is CBc1ccc(OC(C)C)cc1[C@@H](C)OC[C@H]1CO1. The van der Waals surface area contributed by atoms with Gasteiger partial charge in [-0.1, -0.05) is 18.4 Å². The van der Waals surface area contributed by atoms with Crippen molar-refractivity contribution in [3.05, 3.63) is 23.8 Å². The summed E-state index contributed by atoms with van der Waals surface area (Å²) in [7, 11) is 1.00. The van der Waals surface area contributed by atoms with Crippen molar-refractivity contribution in [1.29, 1.82) is 0 Å². The Morgan fingerprint density at radius 3 is 2.68 bits per heavy atom. The normalized spacial score (nSPS) is 19.3. The minimum atomic E-state index is 0.0786. The third kappa shape index (κ3) is 4.25. The zero-order chi connectivity index (χ0) is 13.8. The maximum atomic E-state index is 5.87. The molecule has 0 aromatic heterocycles. The van der Waals surface area contributed by atoms with Crippen LogP contribution in [-0.4, -0.2) is 32.7 Å². The van der Waals surface area contributed by atoms with Gasteiger partial charge in [0.05, 0.1) is 25.4 Å². The second kappa shape index (κ2) is 6.44. The fourth-order valence-electron chi connectivity index (χ4n) is 2.12. The summed E-state index contributed by atoms with van der Waals surface area (Å²) in [5.41, 5.74) is 2.54. The molecule has 4 heteroatoms. The van der Waals surface area contributed by atoms with Gasteiger partial charge in [-0.05, 0) is 38.5 Å². The Morgan fingerprint density at radius 2 is 2.11 bits per heavy atom. The molecule has 0 radical (unpaired) electrons. The molecule has 104 valence electrons. The molecule has 1 fully saturated rings. The van der Waals surface area contributed by atoms with Gasteiger partial charge in [0.25, 0.3) is 0 Å². The molecule has 1 heterocycles.